The van der Waals surface area contributed by atoms with E-state index in [2.05, 4.69) is 64.4 Å². The van der Waals surface area contributed by atoms with Gasteiger partial charge >= 0.3 is 0 Å². The van der Waals surface area contributed by atoms with E-state index in [1.807, 2.05) is 6.07 Å². The molecule has 1 aliphatic heterocycles. The highest BCUT2D eigenvalue weighted by Gasteiger charge is 2.26. The number of benzene rings is 2. The maximum absolute atomic E-state index is 9.75. The van der Waals surface area contributed by atoms with Gasteiger partial charge in [0.2, 0.25) is 0 Å². The van der Waals surface area contributed by atoms with Gasteiger partial charge in [0.1, 0.15) is 0 Å². The Morgan fingerprint density at radius 2 is 1.41 bits per heavy atom. The van der Waals surface area contributed by atoms with Crippen LogP contribution in [0.1, 0.15) is 11.1 Å². The summed E-state index contributed by atoms with van der Waals surface area (Å²) in [5.41, 5.74) is 2.66. The minimum Gasteiger partial charge on any atom is -0.395 e. The molecule has 0 spiro atoms. The lowest BCUT2D eigenvalue weighted by Gasteiger charge is -2.40. The van der Waals surface area contributed by atoms with Crippen molar-refractivity contribution in [1.29, 1.82) is 0 Å². The molecule has 0 aromatic heterocycles. The van der Waals surface area contributed by atoms with Crippen molar-refractivity contribution in [2.75, 3.05) is 26.2 Å². The lowest BCUT2D eigenvalue weighted by Crippen LogP contribution is -2.53. The first kappa shape index (κ1) is 15.2. The molecule has 22 heavy (non-hydrogen) atoms. The molecule has 1 atom stereocenters. The molecule has 0 aliphatic carbocycles. The van der Waals surface area contributed by atoms with Gasteiger partial charge < -0.3 is 5.11 Å². The van der Waals surface area contributed by atoms with E-state index >= 15 is 0 Å². The predicted octanol–water partition coefficient (Wildman–Crippen LogP) is 2.37. The average Bonchev–Trinajstić information content (AvgIpc) is 2.58. The highest BCUT2D eigenvalue weighted by Crippen LogP contribution is 2.16. The quantitative estimate of drug-likeness (QED) is 0.917. The number of rotatable bonds is 5. The maximum Gasteiger partial charge on any atom is 0.0599 e. The Balaban J connectivity index is 1.59. The molecular weight excluding hydrogens is 272 g/mol. The van der Waals surface area contributed by atoms with Crippen LogP contribution in [0, 0.1) is 0 Å². The van der Waals surface area contributed by atoms with Crippen LogP contribution < -0.4 is 0 Å². The van der Waals surface area contributed by atoms with Gasteiger partial charge in [0.15, 0.2) is 0 Å². The summed E-state index contributed by atoms with van der Waals surface area (Å²) in [6.45, 7) is 5.10. The summed E-state index contributed by atoms with van der Waals surface area (Å²) < 4.78 is 0. The molecule has 3 nitrogen and oxygen atoms in total. The van der Waals surface area contributed by atoms with Gasteiger partial charge in [-0.2, -0.15) is 0 Å². The van der Waals surface area contributed by atoms with E-state index in [0.29, 0.717) is 0 Å². The van der Waals surface area contributed by atoms with Crippen LogP contribution in [0.3, 0.4) is 0 Å². The van der Waals surface area contributed by atoms with Gasteiger partial charge in [-0.1, -0.05) is 60.7 Å². The second kappa shape index (κ2) is 7.54. The zero-order valence-corrected chi connectivity index (χ0v) is 12.9. The van der Waals surface area contributed by atoms with Crippen LogP contribution in [0.25, 0.3) is 0 Å². The second-order valence-corrected chi connectivity index (χ2v) is 6.01. The lowest BCUT2D eigenvalue weighted by molar-refractivity contribution is 0.0316. The molecule has 1 fully saturated rings. The number of piperazine rings is 1. The minimum absolute atomic E-state index is 0.220. The van der Waals surface area contributed by atoms with Crippen LogP contribution in [0.4, 0.5) is 0 Å². The van der Waals surface area contributed by atoms with Gasteiger partial charge in [0, 0.05) is 38.8 Å². The largest absolute Gasteiger partial charge is 0.395 e. The van der Waals surface area contributed by atoms with Crippen LogP contribution in [-0.2, 0) is 13.1 Å². The SMILES string of the molecule is OC[C@@H]1CN(Cc2ccccc2)CCN1Cc1ccccc1. The van der Waals surface area contributed by atoms with Crippen LogP contribution in [0.15, 0.2) is 60.7 Å². The third kappa shape index (κ3) is 3.95. The third-order valence-electron chi connectivity index (χ3n) is 4.38. The molecule has 0 radical (unpaired) electrons. The fourth-order valence-corrected chi connectivity index (χ4v) is 3.14. The average molecular weight is 296 g/mol. The first-order chi connectivity index (χ1) is 10.8. The first-order valence-electron chi connectivity index (χ1n) is 8.00. The summed E-state index contributed by atoms with van der Waals surface area (Å²) in [4.78, 5) is 4.84. The Labute approximate surface area is 132 Å². The van der Waals surface area contributed by atoms with Gasteiger partial charge in [-0.05, 0) is 11.1 Å². The number of aliphatic hydroxyl groups excluding tert-OH is 1. The Morgan fingerprint density at radius 1 is 0.818 bits per heavy atom. The maximum atomic E-state index is 9.75. The Morgan fingerprint density at radius 3 is 2.00 bits per heavy atom. The molecule has 3 rings (SSSR count). The predicted molar refractivity (Wildman–Crippen MR) is 89.4 cm³/mol. The number of nitrogens with zero attached hydrogens (tertiary/aromatic N) is 2. The van der Waals surface area contributed by atoms with Gasteiger partial charge in [-0.15, -0.1) is 0 Å². The molecule has 1 aliphatic rings. The molecule has 1 saturated heterocycles. The molecule has 1 heterocycles. The van der Waals surface area contributed by atoms with Crippen molar-refractivity contribution in [3.63, 3.8) is 0 Å². The van der Waals surface area contributed by atoms with Crippen LogP contribution in [-0.4, -0.2) is 47.2 Å². The molecule has 0 unspecified atom stereocenters. The first-order valence-corrected chi connectivity index (χ1v) is 8.00. The number of hydrogen-bond acceptors (Lipinski definition) is 3. The normalized spacial score (nSPS) is 20.1. The van der Waals surface area contributed by atoms with Crippen molar-refractivity contribution in [2.24, 2.45) is 0 Å². The summed E-state index contributed by atoms with van der Waals surface area (Å²) in [7, 11) is 0. The summed E-state index contributed by atoms with van der Waals surface area (Å²) in [6.07, 6.45) is 0. The van der Waals surface area contributed by atoms with Gasteiger partial charge in [0.25, 0.3) is 0 Å². The zero-order valence-electron chi connectivity index (χ0n) is 12.9. The molecule has 3 heteroatoms. The monoisotopic (exact) mass is 296 g/mol. The third-order valence-corrected chi connectivity index (χ3v) is 4.38. The highest BCUT2D eigenvalue weighted by atomic mass is 16.3. The molecule has 2 aromatic carbocycles. The van der Waals surface area contributed by atoms with E-state index in [0.717, 1.165) is 32.7 Å². The van der Waals surface area contributed by atoms with E-state index in [4.69, 9.17) is 0 Å². The lowest BCUT2D eigenvalue weighted by atomic mass is 10.1. The molecule has 116 valence electrons. The summed E-state index contributed by atoms with van der Waals surface area (Å²) in [5.74, 6) is 0. The minimum atomic E-state index is 0.220. The van der Waals surface area contributed by atoms with E-state index in [1.54, 1.807) is 0 Å². The fraction of sp³-hybridized carbons (Fsp3) is 0.368. The topological polar surface area (TPSA) is 26.7 Å². The molecule has 1 N–H and O–H groups in total. The Kier molecular flexibility index (Phi) is 5.22. The van der Waals surface area contributed by atoms with Crippen molar-refractivity contribution >= 4 is 0 Å². The molecule has 0 bridgehead atoms. The van der Waals surface area contributed by atoms with Crippen LogP contribution in [0.2, 0.25) is 0 Å². The summed E-state index contributed by atoms with van der Waals surface area (Å²) >= 11 is 0. The summed E-state index contributed by atoms with van der Waals surface area (Å²) in [6, 6.07) is 21.3. The number of aliphatic hydroxyl groups is 1. The van der Waals surface area contributed by atoms with Crippen LogP contribution in [0.5, 0.6) is 0 Å². The van der Waals surface area contributed by atoms with Crippen molar-refractivity contribution in [2.45, 2.75) is 19.1 Å². The van der Waals surface area contributed by atoms with E-state index in [9.17, 15) is 5.11 Å². The van der Waals surface area contributed by atoms with E-state index in [-0.39, 0.29) is 12.6 Å². The molecule has 0 saturated carbocycles. The van der Waals surface area contributed by atoms with Crippen LogP contribution >= 0.6 is 0 Å². The molecule has 0 amide bonds. The molecule has 2 aromatic rings. The van der Waals surface area contributed by atoms with E-state index < -0.39 is 0 Å². The van der Waals surface area contributed by atoms with Gasteiger partial charge in [-0.3, -0.25) is 9.80 Å². The van der Waals surface area contributed by atoms with Crippen molar-refractivity contribution in [3.8, 4) is 0 Å². The van der Waals surface area contributed by atoms with Gasteiger partial charge in [-0.25, -0.2) is 0 Å². The van der Waals surface area contributed by atoms with Crippen molar-refractivity contribution in [3.05, 3.63) is 71.8 Å². The highest BCUT2D eigenvalue weighted by molar-refractivity contribution is 5.16. The van der Waals surface area contributed by atoms with Crippen molar-refractivity contribution < 1.29 is 5.11 Å². The second-order valence-electron chi connectivity index (χ2n) is 6.01. The summed E-state index contributed by atoms with van der Waals surface area (Å²) in [5, 5.41) is 9.75. The van der Waals surface area contributed by atoms with E-state index in [1.165, 1.54) is 11.1 Å². The fourth-order valence-electron chi connectivity index (χ4n) is 3.14. The smallest absolute Gasteiger partial charge is 0.0599 e. The van der Waals surface area contributed by atoms with Crippen molar-refractivity contribution in [1.82, 2.24) is 9.80 Å². The molecular formula is C19H24N2O. The van der Waals surface area contributed by atoms with Gasteiger partial charge in [0.05, 0.1) is 6.61 Å². The Bertz CT molecular complexity index is 558. The number of hydrogen-bond donors (Lipinski definition) is 1. The Hall–Kier alpha value is -1.68. The zero-order chi connectivity index (χ0) is 15.2. The standard InChI is InChI=1S/C19H24N2O/c22-16-19-15-20(13-17-7-3-1-4-8-17)11-12-21(19)14-18-9-5-2-6-10-18/h1-10,19,22H,11-16H2/t19-/m0/s1.